The number of aliphatic imine (C=N–C) groups is 1. The minimum atomic E-state index is -4.25. The van der Waals surface area contributed by atoms with Gasteiger partial charge in [-0.3, -0.25) is 4.99 Å². The molecule has 0 bridgehead atoms. The van der Waals surface area contributed by atoms with Crippen LogP contribution in [0.15, 0.2) is 4.99 Å². The van der Waals surface area contributed by atoms with Crippen molar-refractivity contribution in [1.82, 2.24) is 0 Å². The molecule has 2 N–H and O–H groups in total. The van der Waals surface area contributed by atoms with Gasteiger partial charge in [0.15, 0.2) is 0 Å². The number of aliphatic hydroxyl groups is 2. The molecule has 0 amide bonds. The average Bonchev–Trinajstić information content (AvgIpc) is 2.22. The molecule has 0 aromatic heterocycles. The van der Waals surface area contributed by atoms with Gasteiger partial charge in [-0.2, -0.15) is 16.8 Å². The van der Waals surface area contributed by atoms with E-state index in [-0.39, 0.29) is 18.7 Å². The molecule has 108 valence electrons. The first-order valence-electron chi connectivity index (χ1n) is 5.16. The zero-order chi connectivity index (χ0) is 14.2. The maximum atomic E-state index is 11.2. The second-order valence-electron chi connectivity index (χ2n) is 3.44. The van der Waals surface area contributed by atoms with Crippen LogP contribution in [0.4, 0.5) is 0 Å². The van der Waals surface area contributed by atoms with Crippen molar-refractivity contribution < 1.29 is 30.7 Å². The first kappa shape index (κ1) is 17.4. The van der Waals surface area contributed by atoms with E-state index in [2.05, 4.69) is 8.62 Å². The molecule has 1 unspecified atom stereocenters. The number of hydrogen-bond acceptors (Lipinski definition) is 8. The zero-order valence-electron chi connectivity index (χ0n) is 9.89. The highest BCUT2D eigenvalue weighted by molar-refractivity contribution is 8.00. The van der Waals surface area contributed by atoms with E-state index >= 15 is 0 Å². The van der Waals surface area contributed by atoms with E-state index in [4.69, 9.17) is 10.2 Å². The number of hydrogen-bond donors (Lipinski definition) is 2. The lowest BCUT2D eigenvalue weighted by Gasteiger charge is -2.03. The monoisotopic (exact) mass is 303 g/mol. The second kappa shape index (κ2) is 7.79. The van der Waals surface area contributed by atoms with E-state index < -0.39 is 38.7 Å². The highest BCUT2D eigenvalue weighted by Crippen LogP contribution is 2.03. The third-order valence-electron chi connectivity index (χ3n) is 1.60. The highest BCUT2D eigenvalue weighted by Gasteiger charge is 2.20. The first-order chi connectivity index (χ1) is 8.22. The maximum Gasteiger partial charge on any atom is 0.286 e. The van der Waals surface area contributed by atoms with Crippen LogP contribution in [0.3, 0.4) is 0 Å². The van der Waals surface area contributed by atoms with Crippen molar-refractivity contribution in [2.75, 3.05) is 24.7 Å². The molecule has 0 spiro atoms. The lowest BCUT2D eigenvalue weighted by molar-refractivity contribution is 0.102. The van der Waals surface area contributed by atoms with Crippen LogP contribution < -0.4 is 0 Å². The van der Waals surface area contributed by atoms with Crippen LogP contribution >= 0.6 is 0 Å². The lowest BCUT2D eigenvalue weighted by Crippen LogP contribution is -2.20. The van der Waals surface area contributed by atoms with E-state index in [0.29, 0.717) is 0 Å². The smallest absolute Gasteiger partial charge is 0.286 e. The summed E-state index contributed by atoms with van der Waals surface area (Å²) in [5.74, 6) is -1.10. The minimum Gasteiger partial charge on any atom is -0.394 e. The molecule has 0 aliphatic rings. The predicted molar refractivity (Wildman–Crippen MR) is 65.4 cm³/mol. The SMILES string of the molecule is CCCS(=O)(=O)OS(=O)(=O)CC=NCC(O)CO. The summed E-state index contributed by atoms with van der Waals surface area (Å²) >= 11 is 0. The van der Waals surface area contributed by atoms with Gasteiger partial charge in [0.2, 0.25) is 0 Å². The van der Waals surface area contributed by atoms with E-state index in [1.807, 2.05) is 0 Å². The Balaban J connectivity index is 4.33. The Labute approximate surface area is 107 Å². The van der Waals surface area contributed by atoms with Gasteiger partial charge in [-0.1, -0.05) is 6.92 Å². The molecule has 0 rings (SSSR count). The van der Waals surface area contributed by atoms with E-state index in [1.165, 1.54) is 0 Å². The van der Waals surface area contributed by atoms with Gasteiger partial charge in [0.05, 0.1) is 25.0 Å². The molecule has 0 aliphatic carbocycles. The number of rotatable bonds is 9. The van der Waals surface area contributed by atoms with Crippen LogP contribution in [-0.4, -0.2) is 64.0 Å². The Kier molecular flexibility index (Phi) is 7.55. The standard InChI is InChI=1S/C8H17NO7S2/c1-2-4-17(12,13)16-18(14,15)5-3-9-6-8(11)7-10/h3,8,10-11H,2,4-7H2,1H3. The Morgan fingerprint density at radius 1 is 1.28 bits per heavy atom. The minimum absolute atomic E-state index is 0.173. The summed E-state index contributed by atoms with van der Waals surface area (Å²) in [7, 11) is -8.33. The second-order valence-corrected chi connectivity index (χ2v) is 6.95. The zero-order valence-corrected chi connectivity index (χ0v) is 11.5. The fourth-order valence-electron chi connectivity index (χ4n) is 0.868. The Bertz CT molecular complexity index is 454. The molecule has 0 heterocycles. The quantitative estimate of drug-likeness (QED) is 0.495. The van der Waals surface area contributed by atoms with Crippen molar-refractivity contribution in [1.29, 1.82) is 0 Å². The largest absolute Gasteiger partial charge is 0.394 e. The summed E-state index contributed by atoms with van der Waals surface area (Å²) in [6.45, 7) is 0.907. The molecular weight excluding hydrogens is 286 g/mol. The number of aliphatic hydroxyl groups excluding tert-OH is 2. The van der Waals surface area contributed by atoms with Crippen molar-refractivity contribution in [3.8, 4) is 0 Å². The van der Waals surface area contributed by atoms with E-state index in [0.717, 1.165) is 6.21 Å². The molecule has 10 heteroatoms. The summed E-state index contributed by atoms with van der Waals surface area (Å²) in [6.07, 6.45) is 0.0818. The summed E-state index contributed by atoms with van der Waals surface area (Å²) in [4.78, 5) is 3.51. The van der Waals surface area contributed by atoms with Gasteiger partial charge < -0.3 is 10.2 Å². The molecule has 8 nitrogen and oxygen atoms in total. The summed E-state index contributed by atoms with van der Waals surface area (Å²) in [6, 6.07) is 0. The van der Waals surface area contributed by atoms with Crippen LogP contribution in [-0.2, 0) is 23.9 Å². The molecular formula is C8H17NO7S2. The van der Waals surface area contributed by atoms with Crippen molar-refractivity contribution in [2.45, 2.75) is 19.4 Å². The van der Waals surface area contributed by atoms with Gasteiger partial charge in [0.1, 0.15) is 5.75 Å². The summed E-state index contributed by atoms with van der Waals surface area (Å²) in [5, 5.41) is 17.4. The van der Waals surface area contributed by atoms with Crippen molar-refractivity contribution in [3.05, 3.63) is 0 Å². The fourth-order valence-corrected chi connectivity index (χ4v) is 3.41. The van der Waals surface area contributed by atoms with Crippen LogP contribution in [0.5, 0.6) is 0 Å². The van der Waals surface area contributed by atoms with Crippen LogP contribution in [0.2, 0.25) is 0 Å². The van der Waals surface area contributed by atoms with Crippen LogP contribution in [0, 0.1) is 0 Å². The van der Waals surface area contributed by atoms with Gasteiger partial charge in [0.25, 0.3) is 20.2 Å². The predicted octanol–water partition coefficient (Wildman–Crippen LogP) is -1.50. The van der Waals surface area contributed by atoms with Crippen molar-refractivity contribution in [3.63, 3.8) is 0 Å². The molecule has 1 atom stereocenters. The summed E-state index contributed by atoms with van der Waals surface area (Å²) < 4.78 is 48.7. The van der Waals surface area contributed by atoms with Crippen LogP contribution in [0.1, 0.15) is 13.3 Å². The third kappa shape index (κ3) is 8.53. The Morgan fingerprint density at radius 2 is 1.89 bits per heavy atom. The Morgan fingerprint density at radius 3 is 2.39 bits per heavy atom. The molecule has 18 heavy (non-hydrogen) atoms. The molecule has 0 saturated carbocycles. The molecule has 0 radical (unpaired) electrons. The Hall–Kier alpha value is -0.550. The molecule has 0 saturated heterocycles. The van der Waals surface area contributed by atoms with Crippen molar-refractivity contribution in [2.24, 2.45) is 4.99 Å². The average molecular weight is 303 g/mol. The van der Waals surface area contributed by atoms with Gasteiger partial charge in [-0.25, -0.2) is 0 Å². The maximum absolute atomic E-state index is 11.2. The third-order valence-corrected chi connectivity index (χ3v) is 4.72. The molecule has 0 aromatic carbocycles. The molecule has 0 fully saturated rings. The van der Waals surface area contributed by atoms with Gasteiger partial charge in [0, 0.05) is 6.21 Å². The first-order valence-corrected chi connectivity index (χ1v) is 8.31. The van der Waals surface area contributed by atoms with Crippen molar-refractivity contribution >= 4 is 26.5 Å². The van der Waals surface area contributed by atoms with E-state index in [1.54, 1.807) is 6.92 Å². The number of nitrogens with zero attached hydrogens (tertiary/aromatic N) is 1. The molecule has 0 aliphatic heterocycles. The molecule has 0 aromatic rings. The van der Waals surface area contributed by atoms with Crippen LogP contribution in [0.25, 0.3) is 0 Å². The van der Waals surface area contributed by atoms with E-state index in [9.17, 15) is 16.8 Å². The summed E-state index contributed by atoms with van der Waals surface area (Å²) in [5.41, 5.74) is 0. The van der Waals surface area contributed by atoms with Gasteiger partial charge in [-0.15, -0.1) is 3.63 Å². The van der Waals surface area contributed by atoms with Gasteiger partial charge in [-0.05, 0) is 6.42 Å². The lowest BCUT2D eigenvalue weighted by atomic mass is 10.4. The topological polar surface area (TPSA) is 130 Å². The van der Waals surface area contributed by atoms with Gasteiger partial charge >= 0.3 is 0 Å². The highest BCUT2D eigenvalue weighted by atomic mass is 32.3. The normalized spacial score (nSPS) is 15.1. The fraction of sp³-hybridized carbons (Fsp3) is 0.875.